The van der Waals surface area contributed by atoms with E-state index in [-0.39, 0.29) is 17.4 Å². The molecule has 0 aromatic heterocycles. The molecule has 0 spiro atoms. The Hall–Kier alpha value is -2.69. The van der Waals surface area contributed by atoms with E-state index in [0.29, 0.717) is 12.1 Å². The molecule has 1 amide bonds. The summed E-state index contributed by atoms with van der Waals surface area (Å²) in [5.41, 5.74) is 3.51. The minimum atomic E-state index is -0.308. The third kappa shape index (κ3) is 3.49. The summed E-state index contributed by atoms with van der Waals surface area (Å²) >= 11 is 0. The first kappa shape index (κ1) is 15.7. The minimum Gasteiger partial charge on any atom is -0.504 e. The Balaban J connectivity index is 2.12. The first-order chi connectivity index (χ1) is 10.4. The molecule has 5 heteroatoms. The van der Waals surface area contributed by atoms with Gasteiger partial charge >= 0.3 is 0 Å². The number of nitrogens with one attached hydrogen (secondary N) is 1. The van der Waals surface area contributed by atoms with Crippen molar-refractivity contribution in [2.24, 2.45) is 0 Å². The molecule has 0 saturated heterocycles. The van der Waals surface area contributed by atoms with E-state index in [0.717, 1.165) is 16.8 Å². The van der Waals surface area contributed by atoms with Gasteiger partial charge in [0.1, 0.15) is 0 Å². The Labute approximate surface area is 129 Å². The van der Waals surface area contributed by atoms with Gasteiger partial charge in [-0.15, -0.1) is 0 Å². The highest BCUT2D eigenvalue weighted by molar-refractivity contribution is 5.94. The van der Waals surface area contributed by atoms with Crippen molar-refractivity contribution >= 4 is 11.6 Å². The number of hydrogen-bond acceptors (Lipinski definition) is 4. The van der Waals surface area contributed by atoms with Gasteiger partial charge in [0.2, 0.25) is 0 Å². The second-order valence-corrected chi connectivity index (χ2v) is 5.41. The molecule has 0 atom stereocenters. The second-order valence-electron chi connectivity index (χ2n) is 5.41. The summed E-state index contributed by atoms with van der Waals surface area (Å²) in [6.07, 6.45) is 0. The van der Waals surface area contributed by atoms with Gasteiger partial charge in [-0.2, -0.15) is 0 Å². The molecule has 0 aliphatic heterocycles. The normalized spacial score (nSPS) is 10.3. The summed E-state index contributed by atoms with van der Waals surface area (Å²) in [6, 6.07) is 10.1. The lowest BCUT2D eigenvalue weighted by molar-refractivity contribution is 0.0950. The molecule has 3 N–H and O–H groups in total. The lowest BCUT2D eigenvalue weighted by Gasteiger charge is -2.18. The van der Waals surface area contributed by atoms with Gasteiger partial charge in [0.25, 0.3) is 5.91 Å². The van der Waals surface area contributed by atoms with Gasteiger partial charge in [-0.1, -0.05) is 12.1 Å². The van der Waals surface area contributed by atoms with Gasteiger partial charge in [-0.05, 0) is 42.3 Å². The number of amides is 1. The van der Waals surface area contributed by atoms with Crippen LogP contribution in [0.3, 0.4) is 0 Å². The molecular weight excluding hydrogens is 280 g/mol. The van der Waals surface area contributed by atoms with E-state index in [9.17, 15) is 15.0 Å². The molecule has 116 valence electrons. The van der Waals surface area contributed by atoms with Crippen molar-refractivity contribution in [2.75, 3.05) is 19.0 Å². The molecule has 0 heterocycles. The average molecular weight is 300 g/mol. The van der Waals surface area contributed by atoms with Crippen LogP contribution in [0.4, 0.5) is 5.69 Å². The van der Waals surface area contributed by atoms with Crippen molar-refractivity contribution in [2.45, 2.75) is 13.5 Å². The maximum atomic E-state index is 12.1. The molecule has 0 bridgehead atoms. The zero-order chi connectivity index (χ0) is 16.3. The number of aromatic hydroxyl groups is 2. The van der Waals surface area contributed by atoms with Crippen LogP contribution >= 0.6 is 0 Å². The van der Waals surface area contributed by atoms with Gasteiger partial charge in [-0.25, -0.2) is 0 Å². The number of nitrogens with zero attached hydrogens (tertiary/aromatic N) is 1. The molecule has 2 rings (SSSR count). The lowest BCUT2D eigenvalue weighted by atomic mass is 10.1. The van der Waals surface area contributed by atoms with Crippen molar-refractivity contribution in [1.29, 1.82) is 0 Å². The topological polar surface area (TPSA) is 72.8 Å². The zero-order valence-corrected chi connectivity index (χ0v) is 12.9. The number of hydrogen-bond donors (Lipinski definition) is 3. The number of anilines is 1. The Kier molecular flexibility index (Phi) is 4.56. The van der Waals surface area contributed by atoms with Crippen molar-refractivity contribution in [3.8, 4) is 11.5 Å². The third-order valence-corrected chi connectivity index (χ3v) is 3.40. The highest BCUT2D eigenvalue weighted by Crippen LogP contribution is 2.25. The van der Waals surface area contributed by atoms with Crippen molar-refractivity contribution in [1.82, 2.24) is 5.32 Å². The van der Waals surface area contributed by atoms with Gasteiger partial charge in [0.05, 0.1) is 0 Å². The van der Waals surface area contributed by atoms with E-state index in [1.165, 1.54) is 18.2 Å². The Bertz CT molecular complexity index is 696. The maximum Gasteiger partial charge on any atom is 0.251 e. The molecule has 2 aromatic rings. The molecule has 0 aliphatic rings. The van der Waals surface area contributed by atoms with E-state index in [2.05, 4.69) is 11.4 Å². The fourth-order valence-corrected chi connectivity index (χ4v) is 2.18. The molecule has 0 unspecified atom stereocenters. The minimum absolute atomic E-state index is 0.245. The zero-order valence-electron chi connectivity index (χ0n) is 12.9. The van der Waals surface area contributed by atoms with Crippen LogP contribution in [-0.4, -0.2) is 30.2 Å². The van der Waals surface area contributed by atoms with Crippen LogP contribution < -0.4 is 10.2 Å². The van der Waals surface area contributed by atoms with Crippen molar-refractivity contribution in [3.05, 3.63) is 53.1 Å². The molecule has 0 aliphatic carbocycles. The van der Waals surface area contributed by atoms with Crippen LogP contribution in [0.25, 0.3) is 0 Å². The fourth-order valence-electron chi connectivity index (χ4n) is 2.18. The van der Waals surface area contributed by atoms with Crippen molar-refractivity contribution < 1.29 is 15.0 Å². The highest BCUT2D eigenvalue weighted by atomic mass is 16.3. The molecule has 2 aromatic carbocycles. The molecule has 0 fully saturated rings. The van der Waals surface area contributed by atoms with Crippen LogP contribution in [0.5, 0.6) is 11.5 Å². The molecule has 0 saturated carbocycles. The largest absolute Gasteiger partial charge is 0.504 e. The summed E-state index contributed by atoms with van der Waals surface area (Å²) < 4.78 is 0. The van der Waals surface area contributed by atoms with Gasteiger partial charge in [0.15, 0.2) is 11.5 Å². The summed E-state index contributed by atoms with van der Waals surface area (Å²) in [6.45, 7) is 2.41. The SMILES string of the molecule is Cc1ccc(CNC(=O)c2ccc(O)c(O)c2)c(N(C)C)c1. The van der Waals surface area contributed by atoms with E-state index >= 15 is 0 Å². The van der Waals surface area contributed by atoms with Crippen molar-refractivity contribution in [3.63, 3.8) is 0 Å². The molecule has 5 nitrogen and oxygen atoms in total. The number of aryl methyl sites for hydroxylation is 1. The first-order valence-corrected chi connectivity index (χ1v) is 6.95. The van der Waals surface area contributed by atoms with E-state index in [1.54, 1.807) is 0 Å². The number of carbonyl (C=O) groups is 1. The van der Waals surface area contributed by atoms with Crippen LogP contribution in [0.1, 0.15) is 21.5 Å². The fraction of sp³-hybridized carbons (Fsp3) is 0.235. The van der Waals surface area contributed by atoms with Crippen LogP contribution in [-0.2, 0) is 6.54 Å². The Morgan fingerprint density at radius 3 is 2.45 bits per heavy atom. The average Bonchev–Trinajstić information content (AvgIpc) is 2.48. The number of carbonyl (C=O) groups excluding carboxylic acids is 1. The van der Waals surface area contributed by atoms with Crippen LogP contribution in [0, 0.1) is 6.92 Å². The predicted molar refractivity (Wildman–Crippen MR) is 86.4 cm³/mol. The monoisotopic (exact) mass is 300 g/mol. The summed E-state index contributed by atoms with van der Waals surface area (Å²) in [5, 5.41) is 21.5. The lowest BCUT2D eigenvalue weighted by Crippen LogP contribution is -2.24. The molecule has 0 radical (unpaired) electrons. The van der Waals surface area contributed by atoms with Crippen LogP contribution in [0.2, 0.25) is 0 Å². The van der Waals surface area contributed by atoms with E-state index in [1.807, 2.05) is 38.1 Å². The smallest absolute Gasteiger partial charge is 0.251 e. The number of benzene rings is 2. The summed E-state index contributed by atoms with van der Waals surface area (Å²) in [4.78, 5) is 14.1. The maximum absolute atomic E-state index is 12.1. The highest BCUT2D eigenvalue weighted by Gasteiger charge is 2.10. The number of phenolic OH excluding ortho intramolecular Hbond substituents is 2. The van der Waals surface area contributed by atoms with Gasteiger partial charge < -0.3 is 20.4 Å². The van der Waals surface area contributed by atoms with E-state index < -0.39 is 0 Å². The van der Waals surface area contributed by atoms with Crippen LogP contribution in [0.15, 0.2) is 36.4 Å². The second kappa shape index (κ2) is 6.39. The summed E-state index contributed by atoms with van der Waals surface area (Å²) in [7, 11) is 3.91. The van der Waals surface area contributed by atoms with Gasteiger partial charge in [0, 0.05) is 31.9 Å². The van der Waals surface area contributed by atoms with E-state index in [4.69, 9.17) is 0 Å². The standard InChI is InChI=1S/C17H20N2O3/c1-11-4-5-13(14(8-11)19(2)3)10-18-17(22)12-6-7-15(20)16(21)9-12/h4-9,20-21H,10H2,1-3H3,(H,18,22). The quantitative estimate of drug-likeness (QED) is 0.758. The molecular formula is C17H20N2O3. The Morgan fingerprint density at radius 1 is 1.09 bits per heavy atom. The van der Waals surface area contributed by atoms with Gasteiger partial charge in [-0.3, -0.25) is 4.79 Å². The first-order valence-electron chi connectivity index (χ1n) is 6.95. The number of phenols is 2. The number of rotatable bonds is 4. The predicted octanol–water partition coefficient (Wildman–Crippen LogP) is 2.40. The Morgan fingerprint density at radius 2 is 1.82 bits per heavy atom. The summed E-state index contributed by atoms with van der Waals surface area (Å²) in [5.74, 6) is -0.859. The molecule has 22 heavy (non-hydrogen) atoms. The third-order valence-electron chi connectivity index (χ3n) is 3.40.